The Balaban J connectivity index is 2.54. The van der Waals surface area contributed by atoms with E-state index in [1.807, 2.05) is 6.07 Å². The number of nitrogens with zero attached hydrogens (tertiary/aromatic N) is 3. The van der Waals surface area contributed by atoms with E-state index in [2.05, 4.69) is 28.9 Å². The summed E-state index contributed by atoms with van der Waals surface area (Å²) in [6, 6.07) is 3.68. The molecular weight excluding hydrogens is 238 g/mol. The summed E-state index contributed by atoms with van der Waals surface area (Å²) >= 11 is 5.71. The van der Waals surface area contributed by atoms with Crippen molar-refractivity contribution in [1.29, 1.82) is 0 Å². The lowest BCUT2D eigenvalue weighted by Crippen LogP contribution is -2.31. The molecule has 0 bridgehead atoms. The molecule has 0 spiro atoms. The zero-order valence-corrected chi connectivity index (χ0v) is 11.4. The lowest BCUT2D eigenvalue weighted by atomic mass is 10.2. The van der Waals surface area contributed by atoms with E-state index in [1.165, 1.54) is 0 Å². The van der Waals surface area contributed by atoms with Crippen molar-refractivity contribution in [3.63, 3.8) is 0 Å². The highest BCUT2D eigenvalue weighted by Gasteiger charge is 2.09. The summed E-state index contributed by atoms with van der Waals surface area (Å²) in [5.41, 5.74) is 0.936. The van der Waals surface area contributed by atoms with E-state index in [1.54, 1.807) is 13.2 Å². The van der Waals surface area contributed by atoms with Gasteiger partial charge in [-0.05, 0) is 18.1 Å². The Hall–Kier alpha value is -0.710. The van der Waals surface area contributed by atoms with Crippen LogP contribution in [0.3, 0.4) is 0 Å². The fraction of sp³-hybridized carbons (Fsp3) is 0.667. The number of halogens is 1. The van der Waals surface area contributed by atoms with Gasteiger partial charge in [-0.1, -0.05) is 25.4 Å². The van der Waals surface area contributed by atoms with E-state index in [9.17, 15) is 0 Å². The molecule has 0 amide bonds. The predicted molar refractivity (Wildman–Crippen MR) is 69.0 cm³/mol. The van der Waals surface area contributed by atoms with Gasteiger partial charge >= 0.3 is 0 Å². The number of hydrogen-bond donors (Lipinski definition) is 0. The van der Waals surface area contributed by atoms with Gasteiger partial charge in [0.1, 0.15) is 0 Å². The van der Waals surface area contributed by atoms with Gasteiger partial charge in [0.2, 0.25) is 0 Å². The Morgan fingerprint density at radius 2 is 2.12 bits per heavy atom. The van der Waals surface area contributed by atoms with Crippen molar-refractivity contribution in [3.8, 4) is 0 Å². The molecule has 1 aromatic heterocycles. The first-order valence-electron chi connectivity index (χ1n) is 5.81. The van der Waals surface area contributed by atoms with Crippen molar-refractivity contribution in [2.24, 2.45) is 5.92 Å². The highest BCUT2D eigenvalue weighted by molar-refractivity contribution is 6.29. The number of hydrogen-bond acceptors (Lipinski definition) is 4. The van der Waals surface area contributed by atoms with Gasteiger partial charge in [-0.3, -0.25) is 4.90 Å². The monoisotopic (exact) mass is 257 g/mol. The largest absolute Gasteiger partial charge is 0.383 e. The van der Waals surface area contributed by atoms with Gasteiger partial charge in [-0.15, -0.1) is 5.10 Å². The minimum atomic E-state index is 0.432. The molecule has 5 heteroatoms. The van der Waals surface area contributed by atoms with Crippen molar-refractivity contribution >= 4 is 11.6 Å². The maximum atomic E-state index is 5.71. The molecule has 1 heterocycles. The van der Waals surface area contributed by atoms with Gasteiger partial charge in [0.15, 0.2) is 5.15 Å². The Morgan fingerprint density at radius 3 is 2.65 bits per heavy atom. The first-order valence-corrected chi connectivity index (χ1v) is 6.19. The Morgan fingerprint density at radius 1 is 1.35 bits per heavy atom. The summed E-state index contributed by atoms with van der Waals surface area (Å²) in [6.45, 7) is 7.84. The molecule has 0 aliphatic carbocycles. The molecule has 0 aliphatic rings. The average molecular weight is 258 g/mol. The third kappa shape index (κ3) is 5.96. The molecule has 0 fully saturated rings. The summed E-state index contributed by atoms with van der Waals surface area (Å²) in [5, 5.41) is 8.35. The molecule has 0 aliphatic heterocycles. The lowest BCUT2D eigenvalue weighted by Gasteiger charge is -2.23. The van der Waals surface area contributed by atoms with Crippen LogP contribution in [0.15, 0.2) is 12.1 Å². The summed E-state index contributed by atoms with van der Waals surface area (Å²) in [7, 11) is 1.72. The summed E-state index contributed by atoms with van der Waals surface area (Å²) < 4.78 is 5.11. The van der Waals surface area contributed by atoms with E-state index in [4.69, 9.17) is 16.3 Å². The maximum Gasteiger partial charge on any atom is 0.151 e. The standard InChI is InChI=1S/C12H20ClN3O/c1-10(2)8-16(6-7-17-3)9-11-4-5-12(13)15-14-11/h4-5,10H,6-9H2,1-3H3. The Labute approximate surface area is 108 Å². The van der Waals surface area contributed by atoms with Crippen LogP contribution in [0.2, 0.25) is 5.15 Å². The molecule has 0 atom stereocenters. The van der Waals surface area contributed by atoms with Crippen molar-refractivity contribution in [3.05, 3.63) is 23.0 Å². The van der Waals surface area contributed by atoms with E-state index in [0.717, 1.165) is 31.9 Å². The summed E-state index contributed by atoms with van der Waals surface area (Å²) in [4.78, 5) is 2.31. The highest BCUT2D eigenvalue weighted by Crippen LogP contribution is 2.07. The maximum absolute atomic E-state index is 5.71. The first kappa shape index (κ1) is 14.4. The van der Waals surface area contributed by atoms with Crippen LogP contribution in [0.5, 0.6) is 0 Å². The number of rotatable bonds is 7. The third-order valence-electron chi connectivity index (χ3n) is 2.31. The second kappa shape index (κ2) is 7.58. The highest BCUT2D eigenvalue weighted by atomic mass is 35.5. The molecular formula is C12H20ClN3O. The number of ether oxygens (including phenoxy) is 1. The smallest absolute Gasteiger partial charge is 0.151 e. The first-order chi connectivity index (χ1) is 8.11. The summed E-state index contributed by atoms with van der Waals surface area (Å²) in [5.74, 6) is 0.618. The SMILES string of the molecule is COCCN(Cc1ccc(Cl)nn1)CC(C)C. The molecule has 0 unspecified atom stereocenters. The Bertz CT molecular complexity index is 316. The Kier molecular flexibility index (Phi) is 6.40. The number of methoxy groups -OCH3 is 1. The molecule has 1 aromatic rings. The van der Waals surface area contributed by atoms with Gasteiger partial charge in [0.05, 0.1) is 12.3 Å². The molecule has 0 radical (unpaired) electrons. The molecule has 0 aromatic carbocycles. The number of aromatic nitrogens is 2. The molecule has 0 saturated heterocycles. The molecule has 1 rings (SSSR count). The second-order valence-electron chi connectivity index (χ2n) is 4.47. The van der Waals surface area contributed by atoms with Crippen LogP contribution in [0.1, 0.15) is 19.5 Å². The van der Waals surface area contributed by atoms with E-state index in [0.29, 0.717) is 11.1 Å². The van der Waals surface area contributed by atoms with Crippen molar-refractivity contribution in [1.82, 2.24) is 15.1 Å². The van der Waals surface area contributed by atoms with E-state index in [-0.39, 0.29) is 0 Å². The molecule has 0 saturated carbocycles. The van der Waals surface area contributed by atoms with Crippen LogP contribution < -0.4 is 0 Å². The molecule has 17 heavy (non-hydrogen) atoms. The quantitative estimate of drug-likeness (QED) is 0.751. The van der Waals surface area contributed by atoms with Gasteiger partial charge < -0.3 is 4.74 Å². The fourth-order valence-electron chi connectivity index (χ4n) is 1.63. The molecule has 4 nitrogen and oxygen atoms in total. The van der Waals surface area contributed by atoms with Crippen LogP contribution in [-0.4, -0.2) is 41.9 Å². The van der Waals surface area contributed by atoms with Gasteiger partial charge in [0.25, 0.3) is 0 Å². The fourth-order valence-corrected chi connectivity index (χ4v) is 1.73. The zero-order valence-electron chi connectivity index (χ0n) is 10.7. The van der Waals surface area contributed by atoms with Crippen LogP contribution >= 0.6 is 11.6 Å². The van der Waals surface area contributed by atoms with Crippen LogP contribution in [0.4, 0.5) is 0 Å². The van der Waals surface area contributed by atoms with Crippen molar-refractivity contribution < 1.29 is 4.74 Å². The average Bonchev–Trinajstić information content (AvgIpc) is 2.28. The zero-order chi connectivity index (χ0) is 12.7. The molecule has 0 N–H and O–H groups in total. The normalized spacial score (nSPS) is 11.4. The predicted octanol–water partition coefficient (Wildman–Crippen LogP) is 2.23. The van der Waals surface area contributed by atoms with Crippen molar-refractivity contribution in [2.45, 2.75) is 20.4 Å². The third-order valence-corrected chi connectivity index (χ3v) is 2.51. The second-order valence-corrected chi connectivity index (χ2v) is 4.86. The van der Waals surface area contributed by atoms with Crippen LogP contribution in [0.25, 0.3) is 0 Å². The van der Waals surface area contributed by atoms with Gasteiger partial charge in [-0.25, -0.2) is 0 Å². The topological polar surface area (TPSA) is 38.2 Å². The van der Waals surface area contributed by atoms with Crippen LogP contribution in [-0.2, 0) is 11.3 Å². The van der Waals surface area contributed by atoms with Crippen molar-refractivity contribution in [2.75, 3.05) is 26.8 Å². The van der Waals surface area contributed by atoms with E-state index >= 15 is 0 Å². The van der Waals surface area contributed by atoms with Gasteiger partial charge in [-0.2, -0.15) is 5.10 Å². The van der Waals surface area contributed by atoms with Crippen LogP contribution in [0, 0.1) is 5.92 Å². The minimum absolute atomic E-state index is 0.432. The lowest BCUT2D eigenvalue weighted by molar-refractivity contribution is 0.135. The molecule has 96 valence electrons. The van der Waals surface area contributed by atoms with E-state index < -0.39 is 0 Å². The van der Waals surface area contributed by atoms with Gasteiger partial charge in [0, 0.05) is 26.7 Å². The minimum Gasteiger partial charge on any atom is -0.383 e. The summed E-state index contributed by atoms with van der Waals surface area (Å²) in [6.07, 6.45) is 0.